The molecule has 2 atom stereocenters. The zero-order valence-electron chi connectivity index (χ0n) is 12.7. The monoisotopic (exact) mass is 247 g/mol. The van der Waals surface area contributed by atoms with E-state index in [0.717, 1.165) is 12.5 Å². The molecular formula is C17H29N. The molecule has 0 aliphatic rings. The van der Waals surface area contributed by atoms with Crippen molar-refractivity contribution >= 4 is 0 Å². The molecule has 0 aromatic heterocycles. The van der Waals surface area contributed by atoms with Crippen LogP contribution >= 0.6 is 0 Å². The van der Waals surface area contributed by atoms with E-state index in [4.69, 9.17) is 0 Å². The van der Waals surface area contributed by atoms with E-state index in [1.807, 2.05) is 0 Å². The molecular weight excluding hydrogens is 218 g/mol. The quantitative estimate of drug-likeness (QED) is 0.754. The molecule has 0 saturated heterocycles. The van der Waals surface area contributed by atoms with Gasteiger partial charge in [0, 0.05) is 6.04 Å². The van der Waals surface area contributed by atoms with Crippen molar-refractivity contribution in [1.82, 2.24) is 5.32 Å². The van der Waals surface area contributed by atoms with Gasteiger partial charge in [0.25, 0.3) is 0 Å². The fraction of sp³-hybridized carbons (Fsp3) is 0.647. The van der Waals surface area contributed by atoms with Gasteiger partial charge in [0.15, 0.2) is 0 Å². The zero-order valence-corrected chi connectivity index (χ0v) is 12.7. The van der Waals surface area contributed by atoms with E-state index in [-0.39, 0.29) is 0 Å². The lowest BCUT2D eigenvalue weighted by Gasteiger charge is -2.19. The third-order valence-corrected chi connectivity index (χ3v) is 3.42. The minimum Gasteiger partial charge on any atom is -0.315 e. The average Bonchev–Trinajstić information content (AvgIpc) is 2.28. The fourth-order valence-corrected chi connectivity index (χ4v) is 2.60. The van der Waals surface area contributed by atoms with Gasteiger partial charge < -0.3 is 5.32 Å². The van der Waals surface area contributed by atoms with E-state index in [0.29, 0.717) is 12.0 Å². The van der Waals surface area contributed by atoms with Gasteiger partial charge >= 0.3 is 0 Å². The lowest BCUT2D eigenvalue weighted by Crippen LogP contribution is -2.26. The summed E-state index contributed by atoms with van der Waals surface area (Å²) in [6.45, 7) is 12.4. The Morgan fingerprint density at radius 2 is 1.83 bits per heavy atom. The molecule has 1 N–H and O–H groups in total. The number of hydrogen-bond donors (Lipinski definition) is 1. The molecule has 0 radical (unpaired) electrons. The van der Waals surface area contributed by atoms with E-state index >= 15 is 0 Å². The molecule has 2 unspecified atom stereocenters. The Hall–Kier alpha value is -0.820. The first-order valence-electron chi connectivity index (χ1n) is 7.35. The molecule has 0 aliphatic heterocycles. The Kier molecular flexibility index (Phi) is 6.42. The van der Waals surface area contributed by atoms with E-state index in [9.17, 15) is 0 Å². The van der Waals surface area contributed by atoms with Gasteiger partial charge in [0.2, 0.25) is 0 Å². The highest BCUT2D eigenvalue weighted by atomic mass is 14.9. The van der Waals surface area contributed by atoms with Crippen LogP contribution in [0.2, 0.25) is 0 Å². The largest absolute Gasteiger partial charge is 0.315 e. The van der Waals surface area contributed by atoms with Crippen molar-refractivity contribution in [2.75, 3.05) is 6.54 Å². The number of rotatable bonds is 7. The maximum atomic E-state index is 3.49. The van der Waals surface area contributed by atoms with Gasteiger partial charge in [-0.05, 0) is 49.3 Å². The van der Waals surface area contributed by atoms with Crippen LogP contribution in [0.15, 0.2) is 24.3 Å². The SMILES string of the molecule is CCNC(C)CC(C)c1cccc(CC(C)C)c1. The standard InChI is InChI=1S/C17H29N/c1-6-18-15(5)11-14(4)17-9-7-8-16(12-17)10-13(2)3/h7-9,12-15,18H,6,10-11H2,1-5H3. The molecule has 1 heteroatoms. The highest BCUT2D eigenvalue weighted by Crippen LogP contribution is 2.22. The highest BCUT2D eigenvalue weighted by molar-refractivity contribution is 5.26. The molecule has 102 valence electrons. The van der Waals surface area contributed by atoms with Crippen LogP contribution < -0.4 is 5.32 Å². The summed E-state index contributed by atoms with van der Waals surface area (Å²) in [5, 5.41) is 3.49. The summed E-state index contributed by atoms with van der Waals surface area (Å²) in [6.07, 6.45) is 2.39. The van der Waals surface area contributed by atoms with Crippen LogP contribution in [0.4, 0.5) is 0 Å². The molecule has 1 aromatic carbocycles. The van der Waals surface area contributed by atoms with Crippen molar-refractivity contribution in [1.29, 1.82) is 0 Å². The van der Waals surface area contributed by atoms with Crippen molar-refractivity contribution in [2.45, 2.75) is 59.4 Å². The Bertz CT molecular complexity index is 343. The molecule has 0 fully saturated rings. The lowest BCUT2D eigenvalue weighted by molar-refractivity contribution is 0.491. The predicted octanol–water partition coefficient (Wildman–Crippen LogP) is 4.38. The maximum absolute atomic E-state index is 3.49. The zero-order chi connectivity index (χ0) is 13.5. The summed E-state index contributed by atoms with van der Waals surface area (Å²) < 4.78 is 0. The first-order chi connectivity index (χ1) is 8.52. The molecule has 0 bridgehead atoms. The minimum atomic E-state index is 0.596. The lowest BCUT2D eigenvalue weighted by atomic mass is 9.91. The normalized spacial score (nSPS) is 14.8. The van der Waals surface area contributed by atoms with Crippen LogP contribution in [-0.2, 0) is 6.42 Å². The molecule has 1 aromatic rings. The molecule has 0 heterocycles. The van der Waals surface area contributed by atoms with Gasteiger partial charge in [-0.15, -0.1) is 0 Å². The van der Waals surface area contributed by atoms with Crippen molar-refractivity contribution in [3.8, 4) is 0 Å². The summed E-state index contributed by atoms with van der Waals surface area (Å²) in [6, 6.07) is 9.72. The summed E-state index contributed by atoms with van der Waals surface area (Å²) >= 11 is 0. The highest BCUT2D eigenvalue weighted by Gasteiger charge is 2.10. The average molecular weight is 247 g/mol. The second-order valence-corrected chi connectivity index (χ2v) is 5.94. The van der Waals surface area contributed by atoms with Gasteiger partial charge in [0.05, 0.1) is 0 Å². The van der Waals surface area contributed by atoms with Gasteiger partial charge in [0.1, 0.15) is 0 Å². The van der Waals surface area contributed by atoms with Crippen LogP contribution in [0.5, 0.6) is 0 Å². The molecule has 0 amide bonds. The second kappa shape index (κ2) is 7.58. The molecule has 1 nitrogen and oxygen atoms in total. The summed E-state index contributed by atoms with van der Waals surface area (Å²) in [5.41, 5.74) is 2.96. The van der Waals surface area contributed by atoms with Crippen LogP contribution in [0, 0.1) is 5.92 Å². The van der Waals surface area contributed by atoms with Gasteiger partial charge in [-0.3, -0.25) is 0 Å². The van der Waals surface area contributed by atoms with Gasteiger partial charge in [-0.25, -0.2) is 0 Å². The van der Waals surface area contributed by atoms with Crippen LogP contribution in [0.3, 0.4) is 0 Å². The van der Waals surface area contributed by atoms with Crippen molar-refractivity contribution < 1.29 is 0 Å². The first-order valence-corrected chi connectivity index (χ1v) is 7.35. The Labute approximate surface area is 113 Å². The van der Waals surface area contributed by atoms with Gasteiger partial charge in [-0.2, -0.15) is 0 Å². The topological polar surface area (TPSA) is 12.0 Å². The van der Waals surface area contributed by atoms with Gasteiger partial charge in [-0.1, -0.05) is 52.0 Å². The molecule has 0 saturated carbocycles. The Morgan fingerprint density at radius 3 is 2.44 bits per heavy atom. The Balaban J connectivity index is 2.64. The van der Waals surface area contributed by atoms with Crippen LogP contribution in [0.1, 0.15) is 58.1 Å². The number of benzene rings is 1. The van der Waals surface area contributed by atoms with Crippen molar-refractivity contribution in [3.05, 3.63) is 35.4 Å². The number of nitrogens with one attached hydrogen (secondary N) is 1. The molecule has 1 rings (SSSR count). The summed E-state index contributed by atoms with van der Waals surface area (Å²) in [5.74, 6) is 1.36. The maximum Gasteiger partial charge on any atom is 0.00443 e. The second-order valence-electron chi connectivity index (χ2n) is 5.94. The summed E-state index contributed by atoms with van der Waals surface area (Å²) in [7, 11) is 0. The number of hydrogen-bond acceptors (Lipinski definition) is 1. The molecule has 18 heavy (non-hydrogen) atoms. The van der Waals surface area contributed by atoms with Crippen LogP contribution in [-0.4, -0.2) is 12.6 Å². The first kappa shape index (κ1) is 15.2. The van der Waals surface area contributed by atoms with E-state index in [1.54, 1.807) is 0 Å². The minimum absolute atomic E-state index is 0.596. The fourth-order valence-electron chi connectivity index (χ4n) is 2.60. The van der Waals surface area contributed by atoms with Crippen LogP contribution in [0.25, 0.3) is 0 Å². The Morgan fingerprint density at radius 1 is 1.11 bits per heavy atom. The summed E-state index contributed by atoms with van der Waals surface area (Å²) in [4.78, 5) is 0. The predicted molar refractivity (Wildman–Crippen MR) is 81.2 cm³/mol. The van der Waals surface area contributed by atoms with Crippen molar-refractivity contribution in [2.24, 2.45) is 5.92 Å². The van der Waals surface area contributed by atoms with E-state index in [1.165, 1.54) is 24.0 Å². The molecule has 0 spiro atoms. The smallest absolute Gasteiger partial charge is 0.00443 e. The molecule has 0 aliphatic carbocycles. The van der Waals surface area contributed by atoms with Crippen molar-refractivity contribution in [3.63, 3.8) is 0 Å². The third kappa shape index (κ3) is 5.22. The third-order valence-electron chi connectivity index (χ3n) is 3.42. The van der Waals surface area contributed by atoms with E-state index < -0.39 is 0 Å². The van der Waals surface area contributed by atoms with E-state index in [2.05, 4.69) is 64.2 Å².